The summed E-state index contributed by atoms with van der Waals surface area (Å²) in [6, 6.07) is 58.5. The molecule has 0 saturated heterocycles. The van der Waals surface area contributed by atoms with Crippen molar-refractivity contribution in [1.29, 1.82) is 0 Å². The van der Waals surface area contributed by atoms with E-state index in [0.29, 0.717) is 17.5 Å². The molecule has 1 aliphatic carbocycles. The first-order chi connectivity index (χ1) is 25.0. The van der Waals surface area contributed by atoms with Gasteiger partial charge in [-0.05, 0) is 77.8 Å². The summed E-state index contributed by atoms with van der Waals surface area (Å²) in [6.45, 7) is 4.61. The van der Waals surface area contributed by atoms with E-state index >= 15 is 0 Å². The van der Waals surface area contributed by atoms with Gasteiger partial charge in [-0.1, -0.05) is 166 Å². The Morgan fingerprint density at radius 2 is 0.922 bits per heavy atom. The van der Waals surface area contributed by atoms with E-state index in [4.69, 9.17) is 15.0 Å². The molecule has 0 spiro atoms. The summed E-state index contributed by atoms with van der Waals surface area (Å²) in [4.78, 5) is 15.3. The molecule has 1 aliphatic rings. The second-order valence-electron chi connectivity index (χ2n) is 14.0. The van der Waals surface area contributed by atoms with E-state index in [1.54, 1.807) is 0 Å². The number of nitrogens with zero attached hydrogens (tertiary/aromatic N) is 3. The van der Waals surface area contributed by atoms with Crippen LogP contribution in [0, 0.1) is 0 Å². The van der Waals surface area contributed by atoms with E-state index in [-0.39, 0.29) is 5.41 Å². The van der Waals surface area contributed by atoms with Gasteiger partial charge >= 0.3 is 0 Å². The Balaban J connectivity index is 1.13. The zero-order valence-electron chi connectivity index (χ0n) is 28.4. The third kappa shape index (κ3) is 4.69. The topological polar surface area (TPSA) is 38.7 Å². The van der Waals surface area contributed by atoms with Gasteiger partial charge < -0.3 is 0 Å². The fourth-order valence-electron chi connectivity index (χ4n) is 8.12. The van der Waals surface area contributed by atoms with Gasteiger partial charge in [0.25, 0.3) is 0 Å². The lowest BCUT2D eigenvalue weighted by Crippen LogP contribution is -2.15. The standard InChI is InChI=1S/C48H33N3/c1-48(2)41-19-11-10-18-39(41)40-27-26-36(29-42(40)48)47-50-45(32-13-4-3-5-14-32)49-46(51-47)33-23-21-31(22-24-33)43-38-17-9-7-15-34(38)28-35-25-20-30-12-6-8-16-37(30)44(35)43/h3-29H,1-2H3. The van der Waals surface area contributed by atoms with Crippen LogP contribution < -0.4 is 0 Å². The molecular formula is C48H33N3. The van der Waals surface area contributed by atoms with Gasteiger partial charge in [0.1, 0.15) is 0 Å². The minimum atomic E-state index is -0.118. The Kier molecular flexibility index (Phi) is 6.53. The summed E-state index contributed by atoms with van der Waals surface area (Å²) in [7, 11) is 0. The van der Waals surface area contributed by atoms with Crippen LogP contribution in [0.2, 0.25) is 0 Å². The summed E-state index contributed by atoms with van der Waals surface area (Å²) in [5.74, 6) is 1.99. The fraction of sp³-hybridized carbons (Fsp3) is 0.0625. The maximum atomic E-state index is 5.14. The quantitative estimate of drug-likeness (QED) is 0.140. The number of fused-ring (bicyclic) bond motifs is 7. The average molecular weight is 652 g/mol. The van der Waals surface area contributed by atoms with Gasteiger partial charge in [-0.3, -0.25) is 0 Å². The Hall–Kier alpha value is -6.45. The molecule has 8 aromatic carbocycles. The van der Waals surface area contributed by atoms with Crippen LogP contribution in [0.5, 0.6) is 0 Å². The molecule has 0 radical (unpaired) electrons. The molecule has 0 N–H and O–H groups in total. The van der Waals surface area contributed by atoms with Gasteiger partial charge in [-0.2, -0.15) is 0 Å². The second-order valence-corrected chi connectivity index (χ2v) is 14.0. The Labute approximate surface area is 297 Å². The van der Waals surface area contributed by atoms with E-state index in [1.807, 2.05) is 18.2 Å². The van der Waals surface area contributed by atoms with Gasteiger partial charge in [-0.25, -0.2) is 15.0 Å². The van der Waals surface area contributed by atoms with Gasteiger partial charge in [0, 0.05) is 22.1 Å². The Morgan fingerprint density at radius 1 is 0.373 bits per heavy atom. The lowest BCUT2D eigenvalue weighted by Gasteiger charge is -2.21. The molecule has 51 heavy (non-hydrogen) atoms. The molecule has 0 atom stereocenters. The van der Waals surface area contributed by atoms with Crippen molar-refractivity contribution in [3.63, 3.8) is 0 Å². The highest BCUT2D eigenvalue weighted by molar-refractivity contribution is 6.21. The fourth-order valence-corrected chi connectivity index (χ4v) is 8.12. The van der Waals surface area contributed by atoms with Gasteiger partial charge in [-0.15, -0.1) is 0 Å². The maximum absolute atomic E-state index is 5.14. The number of aromatic nitrogens is 3. The van der Waals surface area contributed by atoms with Gasteiger partial charge in [0.2, 0.25) is 0 Å². The molecule has 0 bridgehead atoms. The molecule has 10 rings (SSSR count). The molecule has 240 valence electrons. The SMILES string of the molecule is CC1(C)c2ccccc2-c2ccc(-c3nc(-c4ccccc4)nc(-c4ccc(-c5c6ccccc6cc6ccc7ccccc7c56)cc4)n3)cc21. The normalized spacial score (nSPS) is 13.1. The summed E-state index contributed by atoms with van der Waals surface area (Å²) in [5, 5.41) is 7.48. The molecule has 1 aromatic heterocycles. The number of rotatable bonds is 4. The van der Waals surface area contributed by atoms with Crippen LogP contribution in [0.15, 0.2) is 164 Å². The molecule has 0 saturated carbocycles. The third-order valence-electron chi connectivity index (χ3n) is 10.7. The zero-order chi connectivity index (χ0) is 34.1. The maximum Gasteiger partial charge on any atom is 0.164 e. The van der Waals surface area contributed by atoms with Crippen LogP contribution in [-0.2, 0) is 5.41 Å². The lowest BCUT2D eigenvalue weighted by atomic mass is 9.82. The van der Waals surface area contributed by atoms with Crippen molar-refractivity contribution in [2.24, 2.45) is 0 Å². The van der Waals surface area contributed by atoms with Gasteiger partial charge in [0.15, 0.2) is 17.5 Å². The highest BCUT2D eigenvalue weighted by Gasteiger charge is 2.35. The smallest absolute Gasteiger partial charge is 0.164 e. The number of hydrogen-bond donors (Lipinski definition) is 0. The van der Waals surface area contributed by atoms with Crippen molar-refractivity contribution in [1.82, 2.24) is 15.0 Å². The first-order valence-electron chi connectivity index (χ1n) is 17.5. The summed E-state index contributed by atoms with van der Waals surface area (Å²) in [5.41, 5.74) is 10.4. The Morgan fingerprint density at radius 3 is 1.71 bits per heavy atom. The summed E-state index contributed by atoms with van der Waals surface area (Å²) < 4.78 is 0. The predicted octanol–water partition coefficient (Wildman–Crippen LogP) is 12.3. The lowest BCUT2D eigenvalue weighted by molar-refractivity contribution is 0.660. The van der Waals surface area contributed by atoms with Crippen molar-refractivity contribution in [2.45, 2.75) is 19.3 Å². The van der Waals surface area contributed by atoms with E-state index in [1.165, 1.54) is 60.1 Å². The molecule has 0 aliphatic heterocycles. The van der Waals surface area contributed by atoms with Crippen molar-refractivity contribution >= 4 is 32.3 Å². The molecule has 0 amide bonds. The molecule has 9 aromatic rings. The number of hydrogen-bond acceptors (Lipinski definition) is 3. The van der Waals surface area contributed by atoms with Crippen LogP contribution >= 0.6 is 0 Å². The predicted molar refractivity (Wildman–Crippen MR) is 212 cm³/mol. The zero-order valence-corrected chi connectivity index (χ0v) is 28.4. The van der Waals surface area contributed by atoms with Crippen LogP contribution in [0.25, 0.3) is 88.7 Å². The monoisotopic (exact) mass is 651 g/mol. The van der Waals surface area contributed by atoms with Gasteiger partial charge in [0.05, 0.1) is 0 Å². The van der Waals surface area contributed by atoms with E-state index in [0.717, 1.165) is 22.3 Å². The van der Waals surface area contributed by atoms with E-state index in [2.05, 4.69) is 159 Å². The van der Waals surface area contributed by atoms with Crippen LogP contribution in [0.3, 0.4) is 0 Å². The van der Waals surface area contributed by atoms with Crippen LogP contribution in [0.1, 0.15) is 25.0 Å². The highest BCUT2D eigenvalue weighted by Crippen LogP contribution is 2.49. The molecular weight excluding hydrogens is 619 g/mol. The summed E-state index contributed by atoms with van der Waals surface area (Å²) >= 11 is 0. The third-order valence-corrected chi connectivity index (χ3v) is 10.7. The first kappa shape index (κ1) is 29.5. The largest absolute Gasteiger partial charge is 0.208 e. The van der Waals surface area contributed by atoms with E-state index in [9.17, 15) is 0 Å². The molecule has 0 fully saturated rings. The molecule has 3 nitrogen and oxygen atoms in total. The van der Waals surface area contributed by atoms with Crippen LogP contribution in [-0.4, -0.2) is 15.0 Å². The minimum Gasteiger partial charge on any atom is -0.208 e. The van der Waals surface area contributed by atoms with Crippen LogP contribution in [0.4, 0.5) is 0 Å². The molecule has 3 heteroatoms. The highest BCUT2D eigenvalue weighted by atomic mass is 15.0. The summed E-state index contributed by atoms with van der Waals surface area (Å²) in [6.07, 6.45) is 0. The Bertz CT molecular complexity index is 2820. The second kappa shape index (κ2) is 11.3. The van der Waals surface area contributed by atoms with E-state index < -0.39 is 0 Å². The minimum absolute atomic E-state index is 0.118. The van der Waals surface area contributed by atoms with Crippen molar-refractivity contribution < 1.29 is 0 Å². The molecule has 1 heterocycles. The average Bonchev–Trinajstić information content (AvgIpc) is 3.42. The van der Waals surface area contributed by atoms with Crippen molar-refractivity contribution in [3.8, 4) is 56.4 Å². The first-order valence-corrected chi connectivity index (χ1v) is 17.5. The van der Waals surface area contributed by atoms with Crippen molar-refractivity contribution in [3.05, 3.63) is 175 Å². The molecule has 0 unspecified atom stereocenters. The van der Waals surface area contributed by atoms with Crippen molar-refractivity contribution in [2.75, 3.05) is 0 Å². The number of benzene rings is 8.